The van der Waals surface area contributed by atoms with Crippen molar-refractivity contribution in [3.63, 3.8) is 0 Å². The average molecular weight is 314 g/mol. The number of nitrogens with one attached hydrogen (secondary N) is 1. The number of piperidine rings is 1. The lowest BCUT2D eigenvalue weighted by molar-refractivity contribution is 0.155. The number of benzene rings is 1. The van der Waals surface area contributed by atoms with Gasteiger partial charge in [-0.15, -0.1) is 0 Å². The molecule has 2 aromatic rings. The van der Waals surface area contributed by atoms with E-state index in [0.29, 0.717) is 5.82 Å². The number of rotatable bonds is 6. The van der Waals surface area contributed by atoms with Crippen LogP contribution in [0.4, 0.5) is 0 Å². The number of hydrogen-bond acceptors (Lipinski definition) is 5. The highest BCUT2D eigenvalue weighted by Gasteiger charge is 2.20. The molecule has 124 valence electrons. The standard InChI is InChI=1S/C18H26N4O/c1-14-4-3-5-16(12-14)18-20-17(23-21-18)13-22-10-7-15(8-11-22)6-9-19-2/h3-5,12,15,19H,6-11,13H2,1-2H3. The Hall–Kier alpha value is -1.72. The molecule has 0 atom stereocenters. The van der Waals surface area contributed by atoms with E-state index in [1.165, 1.54) is 24.8 Å². The smallest absolute Gasteiger partial charge is 0.241 e. The summed E-state index contributed by atoms with van der Waals surface area (Å²) in [6.07, 6.45) is 3.81. The minimum Gasteiger partial charge on any atom is -0.338 e. The molecule has 1 aliphatic heterocycles. The van der Waals surface area contributed by atoms with Crippen LogP contribution in [0.1, 0.15) is 30.7 Å². The second-order valence-corrected chi connectivity index (χ2v) is 6.49. The molecule has 0 spiro atoms. The molecule has 3 rings (SSSR count). The van der Waals surface area contributed by atoms with Crippen LogP contribution < -0.4 is 5.32 Å². The molecule has 1 aliphatic rings. The summed E-state index contributed by atoms with van der Waals surface area (Å²) >= 11 is 0. The Labute approximate surface area is 138 Å². The predicted molar refractivity (Wildman–Crippen MR) is 91.0 cm³/mol. The molecule has 0 amide bonds. The third-order valence-corrected chi connectivity index (χ3v) is 4.61. The van der Waals surface area contributed by atoms with Gasteiger partial charge in [-0.05, 0) is 64.9 Å². The van der Waals surface area contributed by atoms with Gasteiger partial charge < -0.3 is 9.84 Å². The number of hydrogen-bond donors (Lipinski definition) is 1. The maximum atomic E-state index is 5.44. The number of nitrogens with zero attached hydrogens (tertiary/aromatic N) is 3. The lowest BCUT2D eigenvalue weighted by Gasteiger charge is -2.30. The fourth-order valence-corrected chi connectivity index (χ4v) is 3.19. The molecule has 5 nitrogen and oxygen atoms in total. The van der Waals surface area contributed by atoms with Crippen LogP contribution in [0.15, 0.2) is 28.8 Å². The summed E-state index contributed by atoms with van der Waals surface area (Å²) in [6.45, 7) is 6.20. The van der Waals surface area contributed by atoms with Gasteiger partial charge in [-0.25, -0.2) is 0 Å². The Morgan fingerprint density at radius 3 is 2.87 bits per heavy atom. The van der Waals surface area contributed by atoms with Crippen LogP contribution in [0.2, 0.25) is 0 Å². The molecule has 1 aromatic heterocycles. The molecule has 1 N–H and O–H groups in total. The molecule has 1 fully saturated rings. The zero-order valence-corrected chi connectivity index (χ0v) is 14.1. The SMILES string of the molecule is CNCCC1CCN(Cc2nc(-c3cccc(C)c3)no2)CC1. The quantitative estimate of drug-likeness (QED) is 0.888. The molecule has 0 unspecified atom stereocenters. The Bertz CT molecular complexity index is 617. The van der Waals surface area contributed by atoms with Crippen LogP contribution in [0.5, 0.6) is 0 Å². The molecule has 1 saturated heterocycles. The third kappa shape index (κ3) is 4.39. The van der Waals surface area contributed by atoms with Gasteiger partial charge in [0.05, 0.1) is 6.54 Å². The van der Waals surface area contributed by atoms with Gasteiger partial charge in [-0.2, -0.15) is 4.98 Å². The fraction of sp³-hybridized carbons (Fsp3) is 0.556. The molecule has 23 heavy (non-hydrogen) atoms. The van der Waals surface area contributed by atoms with Gasteiger partial charge in [0.2, 0.25) is 11.7 Å². The zero-order chi connectivity index (χ0) is 16.1. The van der Waals surface area contributed by atoms with Gasteiger partial charge >= 0.3 is 0 Å². The highest BCUT2D eigenvalue weighted by atomic mass is 16.5. The highest BCUT2D eigenvalue weighted by Crippen LogP contribution is 2.22. The minimum atomic E-state index is 0.688. The molecule has 0 radical (unpaired) electrons. The summed E-state index contributed by atoms with van der Waals surface area (Å²) in [5.41, 5.74) is 2.23. The lowest BCUT2D eigenvalue weighted by Crippen LogP contribution is -2.34. The summed E-state index contributed by atoms with van der Waals surface area (Å²) in [4.78, 5) is 6.97. The van der Waals surface area contributed by atoms with Crippen LogP contribution in [0.3, 0.4) is 0 Å². The van der Waals surface area contributed by atoms with Crippen molar-refractivity contribution >= 4 is 0 Å². The van der Waals surface area contributed by atoms with E-state index in [2.05, 4.69) is 39.4 Å². The van der Waals surface area contributed by atoms with Gasteiger partial charge in [-0.3, -0.25) is 4.90 Å². The van der Waals surface area contributed by atoms with Crippen LogP contribution in [0.25, 0.3) is 11.4 Å². The number of aryl methyl sites for hydroxylation is 1. The molecule has 2 heterocycles. The van der Waals surface area contributed by atoms with Gasteiger partial charge in [-0.1, -0.05) is 28.9 Å². The van der Waals surface area contributed by atoms with Crippen LogP contribution >= 0.6 is 0 Å². The van der Waals surface area contributed by atoms with Crippen molar-refractivity contribution in [3.05, 3.63) is 35.7 Å². The summed E-state index contributed by atoms with van der Waals surface area (Å²) in [6, 6.07) is 8.20. The van der Waals surface area contributed by atoms with Crippen molar-refractivity contribution in [2.24, 2.45) is 5.92 Å². The maximum Gasteiger partial charge on any atom is 0.241 e. The van der Waals surface area contributed by atoms with E-state index >= 15 is 0 Å². The minimum absolute atomic E-state index is 0.688. The largest absolute Gasteiger partial charge is 0.338 e. The second kappa shape index (κ2) is 7.70. The van der Waals surface area contributed by atoms with Crippen molar-refractivity contribution < 1.29 is 4.52 Å². The lowest BCUT2D eigenvalue weighted by atomic mass is 9.93. The van der Waals surface area contributed by atoms with Crippen molar-refractivity contribution in [2.45, 2.75) is 32.7 Å². The second-order valence-electron chi connectivity index (χ2n) is 6.49. The van der Waals surface area contributed by atoms with E-state index in [4.69, 9.17) is 4.52 Å². The first-order valence-electron chi connectivity index (χ1n) is 8.51. The molecule has 5 heteroatoms. The maximum absolute atomic E-state index is 5.44. The Kier molecular flexibility index (Phi) is 5.41. The van der Waals surface area contributed by atoms with Gasteiger partial charge in [0.15, 0.2) is 0 Å². The van der Waals surface area contributed by atoms with E-state index in [-0.39, 0.29) is 0 Å². The molecule has 0 saturated carbocycles. The van der Waals surface area contributed by atoms with Crippen LogP contribution in [0, 0.1) is 12.8 Å². The normalized spacial score (nSPS) is 16.8. The first-order valence-corrected chi connectivity index (χ1v) is 8.51. The molecule has 0 aliphatic carbocycles. The molecule has 0 bridgehead atoms. The number of aromatic nitrogens is 2. The van der Waals surface area contributed by atoms with Crippen molar-refractivity contribution in [2.75, 3.05) is 26.7 Å². The van der Waals surface area contributed by atoms with Crippen LogP contribution in [-0.2, 0) is 6.54 Å². The summed E-state index contributed by atoms with van der Waals surface area (Å²) in [7, 11) is 2.02. The summed E-state index contributed by atoms with van der Waals surface area (Å²) in [5, 5.41) is 7.37. The molecule has 1 aromatic carbocycles. The Balaban J connectivity index is 1.54. The fourth-order valence-electron chi connectivity index (χ4n) is 3.19. The summed E-state index contributed by atoms with van der Waals surface area (Å²) < 4.78 is 5.44. The van der Waals surface area contributed by atoms with Gasteiger partial charge in [0.25, 0.3) is 0 Å². The third-order valence-electron chi connectivity index (χ3n) is 4.61. The average Bonchev–Trinajstić information content (AvgIpc) is 3.03. The van der Waals surface area contributed by atoms with Gasteiger partial charge in [0.1, 0.15) is 0 Å². The van der Waals surface area contributed by atoms with Crippen molar-refractivity contribution in [1.29, 1.82) is 0 Å². The van der Waals surface area contributed by atoms with Crippen molar-refractivity contribution in [1.82, 2.24) is 20.4 Å². The predicted octanol–water partition coefficient (Wildman–Crippen LogP) is 2.87. The van der Waals surface area contributed by atoms with E-state index in [1.807, 2.05) is 19.2 Å². The number of likely N-dealkylation sites (tertiary alicyclic amines) is 1. The van der Waals surface area contributed by atoms with Crippen LogP contribution in [-0.4, -0.2) is 41.7 Å². The molecular formula is C18H26N4O. The zero-order valence-electron chi connectivity index (χ0n) is 14.1. The van der Waals surface area contributed by atoms with E-state index in [9.17, 15) is 0 Å². The Morgan fingerprint density at radius 1 is 1.30 bits per heavy atom. The summed E-state index contributed by atoms with van der Waals surface area (Å²) in [5.74, 6) is 2.26. The first kappa shape index (κ1) is 16.1. The van der Waals surface area contributed by atoms with Gasteiger partial charge in [0, 0.05) is 5.56 Å². The first-order chi connectivity index (χ1) is 11.2. The Morgan fingerprint density at radius 2 is 2.13 bits per heavy atom. The highest BCUT2D eigenvalue weighted by molar-refractivity contribution is 5.55. The van der Waals surface area contributed by atoms with E-state index < -0.39 is 0 Å². The van der Waals surface area contributed by atoms with E-state index in [0.717, 1.165) is 43.6 Å². The van der Waals surface area contributed by atoms with Crippen molar-refractivity contribution in [3.8, 4) is 11.4 Å². The molecular weight excluding hydrogens is 288 g/mol. The monoisotopic (exact) mass is 314 g/mol. The van der Waals surface area contributed by atoms with E-state index in [1.54, 1.807) is 0 Å². The topological polar surface area (TPSA) is 54.2 Å².